The Kier molecular flexibility index (Phi) is 1.25. The number of ketones is 1. The van der Waals surface area contributed by atoms with Gasteiger partial charge in [0.1, 0.15) is 0 Å². The van der Waals surface area contributed by atoms with Gasteiger partial charge >= 0.3 is 0 Å². The van der Waals surface area contributed by atoms with Gasteiger partial charge in [-0.05, 0) is 26.0 Å². The third kappa shape index (κ3) is 0.826. The van der Waals surface area contributed by atoms with E-state index in [4.69, 9.17) is 4.74 Å². The Hall–Kier alpha value is -1.38. The highest BCUT2D eigenvalue weighted by molar-refractivity contribution is 6.06. The number of pyridine rings is 1. The summed E-state index contributed by atoms with van der Waals surface area (Å²) in [4.78, 5) is 15.5. The highest BCUT2D eigenvalue weighted by Crippen LogP contribution is 2.31. The number of ether oxygens (including phenoxy) is 1. The molecule has 0 radical (unpaired) electrons. The highest BCUT2D eigenvalue weighted by atomic mass is 16.5. The quantitative estimate of drug-likeness (QED) is 0.580. The van der Waals surface area contributed by atoms with Crippen molar-refractivity contribution in [3.63, 3.8) is 0 Å². The predicted molar refractivity (Wildman–Crippen MR) is 43.3 cm³/mol. The average molecular weight is 163 g/mol. The van der Waals surface area contributed by atoms with E-state index in [0.29, 0.717) is 11.4 Å². The molecule has 0 aromatic carbocycles. The van der Waals surface area contributed by atoms with Gasteiger partial charge in [0.25, 0.3) is 0 Å². The predicted octanol–water partition coefficient (Wildman–Crippen LogP) is 1.44. The number of hydrogen-bond donors (Lipinski definition) is 0. The van der Waals surface area contributed by atoms with Crippen LogP contribution in [0, 0.1) is 0 Å². The zero-order valence-corrected chi connectivity index (χ0v) is 7.00. The van der Waals surface area contributed by atoms with Crippen molar-refractivity contribution in [3.05, 3.63) is 23.9 Å². The molecule has 62 valence electrons. The number of carbonyl (C=O) groups is 1. The van der Waals surface area contributed by atoms with E-state index in [1.807, 2.05) is 0 Å². The lowest BCUT2D eigenvalue weighted by Gasteiger charge is -2.13. The van der Waals surface area contributed by atoms with E-state index in [1.54, 1.807) is 32.2 Å². The molecule has 0 saturated heterocycles. The van der Waals surface area contributed by atoms with Crippen LogP contribution in [0.25, 0.3) is 0 Å². The molecule has 0 unspecified atom stereocenters. The summed E-state index contributed by atoms with van der Waals surface area (Å²) in [7, 11) is 0. The molecule has 2 heterocycles. The molecule has 3 heteroatoms. The largest absolute Gasteiger partial charge is 0.463 e. The van der Waals surface area contributed by atoms with Crippen LogP contribution in [0.4, 0.5) is 0 Å². The van der Waals surface area contributed by atoms with Gasteiger partial charge in [-0.2, -0.15) is 0 Å². The normalized spacial score (nSPS) is 18.7. The lowest BCUT2D eigenvalue weighted by Crippen LogP contribution is -2.32. The molecule has 0 fully saturated rings. The number of Topliss-reactive ketones (excluding diaryl/α,β-unsaturated/α-hetero) is 1. The summed E-state index contributed by atoms with van der Waals surface area (Å²) in [5.41, 5.74) is -0.154. The number of hydrogen-bond acceptors (Lipinski definition) is 3. The molecule has 0 saturated carbocycles. The van der Waals surface area contributed by atoms with Crippen LogP contribution in [0.5, 0.6) is 5.88 Å². The van der Waals surface area contributed by atoms with Gasteiger partial charge in [-0.25, -0.2) is 4.98 Å². The molecule has 0 bridgehead atoms. The fraction of sp³-hybridized carbons (Fsp3) is 0.333. The molecule has 1 aromatic rings. The summed E-state index contributed by atoms with van der Waals surface area (Å²) in [5.74, 6) is 0.457. The molecule has 0 N–H and O–H groups in total. The van der Waals surface area contributed by atoms with Crippen LogP contribution in [-0.4, -0.2) is 16.4 Å². The maximum atomic E-state index is 11.6. The van der Waals surface area contributed by atoms with Crippen molar-refractivity contribution in [2.45, 2.75) is 19.4 Å². The average Bonchev–Trinajstić information content (AvgIpc) is 2.24. The molecule has 3 nitrogen and oxygen atoms in total. The standard InChI is InChI=1S/C9H9NO2/c1-9(2)7(11)6-4-3-5-10-8(6)12-9/h3-5H,1-2H3. The third-order valence-corrected chi connectivity index (χ3v) is 1.91. The Morgan fingerprint density at radius 1 is 1.50 bits per heavy atom. The Balaban J connectivity index is 2.57. The zero-order valence-electron chi connectivity index (χ0n) is 7.00. The molecule has 1 aliphatic rings. The van der Waals surface area contributed by atoms with Crippen molar-refractivity contribution in [1.29, 1.82) is 0 Å². The Morgan fingerprint density at radius 2 is 2.25 bits per heavy atom. The van der Waals surface area contributed by atoms with Crippen LogP contribution < -0.4 is 4.74 Å². The molecule has 0 spiro atoms. The van der Waals surface area contributed by atoms with E-state index in [2.05, 4.69) is 4.98 Å². The van der Waals surface area contributed by atoms with Gasteiger partial charge < -0.3 is 4.74 Å². The molecule has 1 aliphatic heterocycles. The minimum atomic E-state index is -0.739. The summed E-state index contributed by atoms with van der Waals surface area (Å²) in [6.45, 7) is 3.49. The van der Waals surface area contributed by atoms with Gasteiger partial charge in [-0.1, -0.05) is 0 Å². The Morgan fingerprint density at radius 3 is 2.92 bits per heavy atom. The first kappa shape index (κ1) is 7.28. The molecular formula is C9H9NO2. The van der Waals surface area contributed by atoms with Crippen molar-refractivity contribution < 1.29 is 9.53 Å². The minimum absolute atomic E-state index is 0.00519. The lowest BCUT2D eigenvalue weighted by atomic mass is 10.0. The molecular weight excluding hydrogens is 154 g/mol. The van der Waals surface area contributed by atoms with E-state index in [-0.39, 0.29) is 5.78 Å². The Labute approximate surface area is 70.4 Å². The fourth-order valence-corrected chi connectivity index (χ4v) is 1.26. The highest BCUT2D eigenvalue weighted by Gasteiger charge is 2.40. The van der Waals surface area contributed by atoms with Crippen molar-refractivity contribution in [2.75, 3.05) is 0 Å². The molecule has 1 aromatic heterocycles. The summed E-state index contributed by atoms with van der Waals surface area (Å²) in [6.07, 6.45) is 1.62. The number of nitrogens with zero attached hydrogens (tertiary/aromatic N) is 1. The molecule has 12 heavy (non-hydrogen) atoms. The summed E-state index contributed by atoms with van der Waals surface area (Å²) in [5, 5.41) is 0. The maximum absolute atomic E-state index is 11.6. The fourth-order valence-electron chi connectivity index (χ4n) is 1.26. The van der Waals surface area contributed by atoms with Crippen LogP contribution in [0.1, 0.15) is 24.2 Å². The zero-order chi connectivity index (χ0) is 8.77. The molecule has 0 amide bonds. The first-order valence-electron chi connectivity index (χ1n) is 3.80. The van der Waals surface area contributed by atoms with Gasteiger partial charge in [-0.3, -0.25) is 4.79 Å². The van der Waals surface area contributed by atoms with E-state index >= 15 is 0 Å². The molecule has 0 atom stereocenters. The minimum Gasteiger partial charge on any atom is -0.463 e. The molecule has 0 aliphatic carbocycles. The number of carbonyl (C=O) groups excluding carboxylic acids is 1. The van der Waals surface area contributed by atoms with Crippen molar-refractivity contribution in [3.8, 4) is 5.88 Å². The summed E-state index contributed by atoms with van der Waals surface area (Å²) >= 11 is 0. The second kappa shape index (κ2) is 2.06. The van der Waals surface area contributed by atoms with Crippen molar-refractivity contribution >= 4 is 5.78 Å². The van der Waals surface area contributed by atoms with Gasteiger partial charge in [0.2, 0.25) is 11.7 Å². The second-order valence-corrected chi connectivity index (χ2v) is 3.30. The SMILES string of the molecule is CC1(C)Oc2ncccc2C1=O. The van der Waals surface area contributed by atoms with Crippen LogP contribution in [0.15, 0.2) is 18.3 Å². The van der Waals surface area contributed by atoms with Gasteiger partial charge in [0.15, 0.2) is 5.60 Å². The van der Waals surface area contributed by atoms with E-state index in [9.17, 15) is 4.79 Å². The third-order valence-electron chi connectivity index (χ3n) is 1.91. The monoisotopic (exact) mass is 163 g/mol. The van der Waals surface area contributed by atoms with Crippen LogP contribution in [0.2, 0.25) is 0 Å². The summed E-state index contributed by atoms with van der Waals surface area (Å²) < 4.78 is 5.35. The van der Waals surface area contributed by atoms with E-state index in [1.165, 1.54) is 0 Å². The van der Waals surface area contributed by atoms with Crippen molar-refractivity contribution in [2.24, 2.45) is 0 Å². The number of rotatable bonds is 0. The first-order valence-corrected chi connectivity index (χ1v) is 3.80. The van der Waals surface area contributed by atoms with Gasteiger partial charge in [-0.15, -0.1) is 0 Å². The van der Waals surface area contributed by atoms with Crippen LogP contribution in [-0.2, 0) is 0 Å². The van der Waals surface area contributed by atoms with Crippen LogP contribution >= 0.6 is 0 Å². The Bertz CT molecular complexity index is 344. The van der Waals surface area contributed by atoms with Crippen LogP contribution in [0.3, 0.4) is 0 Å². The molecule has 2 rings (SSSR count). The second-order valence-electron chi connectivity index (χ2n) is 3.30. The van der Waals surface area contributed by atoms with E-state index < -0.39 is 5.60 Å². The lowest BCUT2D eigenvalue weighted by molar-refractivity contribution is 0.0675. The maximum Gasteiger partial charge on any atom is 0.225 e. The van der Waals surface area contributed by atoms with Crippen molar-refractivity contribution in [1.82, 2.24) is 4.98 Å². The van der Waals surface area contributed by atoms with Gasteiger partial charge in [0.05, 0.1) is 5.56 Å². The number of aromatic nitrogens is 1. The number of fused-ring (bicyclic) bond motifs is 1. The van der Waals surface area contributed by atoms with E-state index in [0.717, 1.165) is 0 Å². The topological polar surface area (TPSA) is 39.2 Å². The summed E-state index contributed by atoms with van der Waals surface area (Å²) in [6, 6.07) is 3.47. The van der Waals surface area contributed by atoms with Gasteiger partial charge in [0, 0.05) is 6.20 Å². The smallest absolute Gasteiger partial charge is 0.225 e. The first-order chi connectivity index (χ1) is 5.61.